The molecule has 0 aliphatic carbocycles. The highest BCUT2D eigenvalue weighted by molar-refractivity contribution is 5.93. The Morgan fingerprint density at radius 3 is 2.95 bits per heavy atom. The number of hydrogen-bond donors (Lipinski definition) is 3. The normalized spacial score (nSPS) is 10.0. The second-order valence-corrected chi connectivity index (χ2v) is 3.57. The lowest BCUT2D eigenvalue weighted by atomic mass is 10.2. The summed E-state index contributed by atoms with van der Waals surface area (Å²) in [7, 11) is 0. The largest absolute Gasteiger partial charge is 0.405 e. The molecule has 3 N–H and O–H groups in total. The molecule has 8 heteroatoms. The zero-order chi connectivity index (χ0) is 14.1. The average Bonchev–Trinajstić information content (AvgIpc) is 2.41. The first-order valence-corrected chi connectivity index (χ1v) is 5.55. The van der Waals surface area contributed by atoms with Gasteiger partial charge in [-0.25, -0.2) is 0 Å². The minimum atomic E-state index is -0.393. The summed E-state index contributed by atoms with van der Waals surface area (Å²) in [5.74, 6) is -0.685. The number of carbonyl (C=O) groups excluding carboxylic acids is 2. The molecule has 0 unspecified atom stereocenters. The van der Waals surface area contributed by atoms with Crippen molar-refractivity contribution in [1.82, 2.24) is 11.0 Å². The molecule has 0 aliphatic heterocycles. The predicted octanol–water partition coefficient (Wildman–Crippen LogP) is -0.865. The lowest BCUT2D eigenvalue weighted by Gasteiger charge is -2.04. The van der Waals surface area contributed by atoms with Crippen LogP contribution in [0.2, 0.25) is 0 Å². The fourth-order valence-corrected chi connectivity index (χ4v) is 1.27. The van der Waals surface area contributed by atoms with Crippen molar-refractivity contribution in [2.75, 3.05) is 13.2 Å². The fraction of sp³-hybridized carbons (Fsp3) is 0.364. The highest BCUT2D eigenvalue weighted by atomic mass is 16.8. The predicted molar refractivity (Wildman–Crippen MR) is 61.6 cm³/mol. The number of nitrogens with one attached hydrogen (secondary N) is 2. The van der Waals surface area contributed by atoms with Gasteiger partial charge >= 0.3 is 5.97 Å². The van der Waals surface area contributed by atoms with E-state index in [1.165, 1.54) is 12.6 Å². The minimum absolute atomic E-state index is 0.0496. The molecule has 1 amide bonds. The summed E-state index contributed by atoms with van der Waals surface area (Å²) in [5, 5.41) is 10.7. The van der Waals surface area contributed by atoms with Gasteiger partial charge in [-0.2, -0.15) is 4.57 Å². The average molecular weight is 270 g/mol. The number of ether oxygens (including phenoxy) is 1. The SMILES string of the molecule is CC(=O)OC[n+]1cccc(C(=O)NCCONO)c1. The van der Waals surface area contributed by atoms with Crippen LogP contribution in [0.5, 0.6) is 0 Å². The third-order valence-electron chi connectivity index (χ3n) is 2.09. The zero-order valence-electron chi connectivity index (χ0n) is 10.5. The summed E-state index contributed by atoms with van der Waals surface area (Å²) in [6, 6.07) is 3.30. The summed E-state index contributed by atoms with van der Waals surface area (Å²) in [6.45, 7) is 1.73. The third kappa shape index (κ3) is 5.91. The van der Waals surface area contributed by atoms with Crippen molar-refractivity contribution in [1.29, 1.82) is 0 Å². The smallest absolute Gasteiger partial charge is 0.307 e. The molecule has 0 bridgehead atoms. The van der Waals surface area contributed by atoms with Crippen LogP contribution < -0.4 is 15.5 Å². The number of esters is 1. The Morgan fingerprint density at radius 2 is 2.26 bits per heavy atom. The van der Waals surface area contributed by atoms with Gasteiger partial charge in [-0.15, -0.1) is 0 Å². The van der Waals surface area contributed by atoms with Gasteiger partial charge in [0.25, 0.3) is 12.6 Å². The summed E-state index contributed by atoms with van der Waals surface area (Å²) in [6.07, 6.45) is 3.24. The quantitative estimate of drug-likeness (QED) is 0.258. The van der Waals surface area contributed by atoms with Crippen LogP contribution in [0.15, 0.2) is 24.5 Å². The van der Waals surface area contributed by atoms with Crippen molar-refractivity contribution in [2.24, 2.45) is 0 Å². The van der Waals surface area contributed by atoms with E-state index in [2.05, 4.69) is 10.2 Å². The zero-order valence-corrected chi connectivity index (χ0v) is 10.5. The van der Waals surface area contributed by atoms with Crippen LogP contribution in [-0.4, -0.2) is 30.2 Å². The number of aromatic nitrogens is 1. The van der Waals surface area contributed by atoms with Gasteiger partial charge in [-0.3, -0.25) is 19.6 Å². The van der Waals surface area contributed by atoms with E-state index in [-0.39, 0.29) is 25.8 Å². The number of nitrogens with zero attached hydrogens (tertiary/aromatic N) is 1. The molecule has 8 nitrogen and oxygen atoms in total. The van der Waals surface area contributed by atoms with E-state index in [4.69, 9.17) is 9.94 Å². The van der Waals surface area contributed by atoms with Gasteiger partial charge in [-0.05, 0) is 6.07 Å². The number of carbonyl (C=O) groups is 2. The van der Waals surface area contributed by atoms with E-state index >= 15 is 0 Å². The highest BCUT2D eigenvalue weighted by Crippen LogP contribution is 1.94. The molecule has 0 saturated heterocycles. The Labute approximate surface area is 109 Å². The molecule has 1 aromatic heterocycles. The molecule has 0 atom stereocenters. The van der Waals surface area contributed by atoms with Gasteiger partial charge in [0.05, 0.1) is 6.61 Å². The van der Waals surface area contributed by atoms with Gasteiger partial charge in [0.2, 0.25) is 0 Å². The van der Waals surface area contributed by atoms with Crippen LogP contribution in [-0.2, 0) is 21.1 Å². The van der Waals surface area contributed by atoms with E-state index in [1.807, 2.05) is 0 Å². The Kier molecular flexibility index (Phi) is 6.44. The number of hydrogen-bond acceptors (Lipinski definition) is 6. The van der Waals surface area contributed by atoms with Crippen LogP contribution in [0, 0.1) is 0 Å². The topological polar surface area (TPSA) is 101 Å². The van der Waals surface area contributed by atoms with E-state index in [0.717, 1.165) is 0 Å². The van der Waals surface area contributed by atoms with Crippen molar-refractivity contribution in [3.05, 3.63) is 30.1 Å². The molecule has 0 aliphatic rings. The molecule has 0 fully saturated rings. The second-order valence-electron chi connectivity index (χ2n) is 3.57. The molecular formula is C11H16N3O5+. The van der Waals surface area contributed by atoms with E-state index in [0.29, 0.717) is 5.56 Å². The monoisotopic (exact) mass is 270 g/mol. The molecular weight excluding hydrogens is 254 g/mol. The number of rotatable bonds is 7. The van der Waals surface area contributed by atoms with E-state index < -0.39 is 5.97 Å². The molecule has 104 valence electrons. The van der Waals surface area contributed by atoms with Crippen molar-refractivity contribution < 1.29 is 28.9 Å². The van der Waals surface area contributed by atoms with E-state index in [1.54, 1.807) is 29.1 Å². The summed E-state index contributed by atoms with van der Waals surface area (Å²) < 4.78 is 6.38. The van der Waals surface area contributed by atoms with Crippen LogP contribution in [0.25, 0.3) is 0 Å². The molecule has 0 aromatic carbocycles. The van der Waals surface area contributed by atoms with Gasteiger partial charge in [0.1, 0.15) is 5.56 Å². The van der Waals surface area contributed by atoms with Gasteiger partial charge < -0.3 is 10.1 Å². The van der Waals surface area contributed by atoms with Gasteiger partial charge in [0.15, 0.2) is 12.4 Å². The molecule has 0 saturated carbocycles. The lowest BCUT2D eigenvalue weighted by Crippen LogP contribution is -2.37. The van der Waals surface area contributed by atoms with Crippen molar-refractivity contribution >= 4 is 11.9 Å². The first-order chi connectivity index (χ1) is 9.13. The van der Waals surface area contributed by atoms with Crippen LogP contribution in [0.1, 0.15) is 17.3 Å². The van der Waals surface area contributed by atoms with Crippen LogP contribution in [0.4, 0.5) is 0 Å². The maximum absolute atomic E-state index is 11.7. The highest BCUT2D eigenvalue weighted by Gasteiger charge is 2.10. The maximum Gasteiger partial charge on any atom is 0.307 e. The first-order valence-electron chi connectivity index (χ1n) is 5.55. The van der Waals surface area contributed by atoms with Gasteiger partial charge in [0, 0.05) is 19.5 Å². The summed E-state index contributed by atoms with van der Waals surface area (Å²) >= 11 is 0. The standard InChI is InChI=1S/C11H15N3O5/c1-9(15)18-8-14-5-2-3-10(7-14)11(16)12-4-6-19-13-17/h2-3,5,7,13,17H,4,6,8H2,1H3/p+1. The van der Waals surface area contributed by atoms with Crippen LogP contribution >= 0.6 is 0 Å². The van der Waals surface area contributed by atoms with E-state index in [9.17, 15) is 9.59 Å². The molecule has 1 heterocycles. The Balaban J connectivity index is 2.50. The van der Waals surface area contributed by atoms with Crippen LogP contribution in [0.3, 0.4) is 0 Å². The minimum Gasteiger partial charge on any atom is -0.405 e. The number of pyridine rings is 1. The van der Waals surface area contributed by atoms with Crippen molar-refractivity contribution in [3.8, 4) is 0 Å². The second kappa shape index (κ2) is 8.14. The summed E-state index contributed by atoms with van der Waals surface area (Å²) in [5.41, 5.74) is 1.94. The Hall–Kier alpha value is -2.03. The molecule has 1 aromatic rings. The number of amides is 1. The molecule has 19 heavy (non-hydrogen) atoms. The third-order valence-corrected chi connectivity index (χ3v) is 2.09. The molecule has 1 rings (SSSR count). The van der Waals surface area contributed by atoms with Crippen molar-refractivity contribution in [3.63, 3.8) is 0 Å². The van der Waals surface area contributed by atoms with Crippen molar-refractivity contribution in [2.45, 2.75) is 13.7 Å². The Bertz CT molecular complexity index is 438. The van der Waals surface area contributed by atoms with Gasteiger partial charge in [-0.1, -0.05) is 5.64 Å². The lowest BCUT2D eigenvalue weighted by molar-refractivity contribution is -0.727. The first kappa shape index (κ1) is 15.0. The summed E-state index contributed by atoms with van der Waals surface area (Å²) in [4.78, 5) is 26.8. The molecule has 0 spiro atoms. The molecule has 0 radical (unpaired) electrons. The maximum atomic E-state index is 11.7. The fourth-order valence-electron chi connectivity index (χ4n) is 1.27. The Morgan fingerprint density at radius 1 is 1.47 bits per heavy atom.